The summed E-state index contributed by atoms with van der Waals surface area (Å²) in [5.74, 6) is -0.847. The Morgan fingerprint density at radius 3 is 2.53 bits per heavy atom. The minimum absolute atomic E-state index is 0.106. The molecule has 4 nitrogen and oxygen atoms in total. The van der Waals surface area contributed by atoms with Gasteiger partial charge in [0.25, 0.3) is 0 Å². The largest absolute Gasteiger partial charge is 0.475 e. The van der Waals surface area contributed by atoms with Gasteiger partial charge in [0.1, 0.15) is 5.69 Å². The third kappa shape index (κ3) is 2.06. The fourth-order valence-electron chi connectivity index (χ4n) is 1.66. The molecule has 17 heavy (non-hydrogen) atoms. The van der Waals surface area contributed by atoms with Crippen LogP contribution in [0.2, 0.25) is 0 Å². The number of carbonyl (C=O) groups is 1. The first-order valence-electron chi connectivity index (χ1n) is 5.27. The quantitative estimate of drug-likeness (QED) is 0.863. The second-order valence-corrected chi connectivity index (χ2v) is 4.01. The zero-order valence-electron chi connectivity index (χ0n) is 9.94. The van der Waals surface area contributed by atoms with E-state index in [2.05, 4.69) is 4.98 Å². The molecule has 0 unspecified atom stereocenters. The summed E-state index contributed by atoms with van der Waals surface area (Å²) in [6, 6.07) is 5.71. The molecule has 1 heterocycles. The maximum atomic E-state index is 11.0. The number of aromatic carboxylic acids is 1. The first-order valence-corrected chi connectivity index (χ1v) is 5.27. The first-order chi connectivity index (χ1) is 7.99. The van der Waals surface area contributed by atoms with E-state index >= 15 is 0 Å². The van der Waals surface area contributed by atoms with Gasteiger partial charge in [-0.3, -0.25) is 0 Å². The molecule has 0 atom stereocenters. The second kappa shape index (κ2) is 4.05. The molecule has 0 spiro atoms. The molecule has 0 aliphatic heterocycles. The summed E-state index contributed by atoms with van der Waals surface area (Å²) < 4.78 is 5.09. The van der Waals surface area contributed by atoms with Gasteiger partial charge in [0.15, 0.2) is 5.89 Å². The molecule has 0 saturated carbocycles. The van der Waals surface area contributed by atoms with Crippen LogP contribution >= 0.6 is 0 Å². The van der Waals surface area contributed by atoms with Gasteiger partial charge in [0, 0.05) is 12.5 Å². The molecule has 0 amide bonds. The number of aromatic nitrogens is 1. The number of benzene rings is 1. The van der Waals surface area contributed by atoms with E-state index in [0.29, 0.717) is 11.6 Å². The van der Waals surface area contributed by atoms with E-state index in [4.69, 9.17) is 9.52 Å². The van der Waals surface area contributed by atoms with Crippen LogP contribution in [0.25, 0.3) is 11.3 Å². The molecule has 0 radical (unpaired) electrons. The molecular formula is C13H13NO3. The maximum Gasteiger partial charge on any atom is 0.374 e. The summed E-state index contributed by atoms with van der Waals surface area (Å²) in [6.45, 7) is 5.62. The van der Waals surface area contributed by atoms with Gasteiger partial charge < -0.3 is 9.52 Å². The summed E-state index contributed by atoms with van der Waals surface area (Å²) in [5, 5.41) is 9.03. The molecule has 1 aromatic carbocycles. The first kappa shape index (κ1) is 11.4. The number of nitrogens with zero attached hydrogens (tertiary/aromatic N) is 1. The van der Waals surface area contributed by atoms with Gasteiger partial charge in [-0.15, -0.1) is 0 Å². The van der Waals surface area contributed by atoms with Crippen LogP contribution in [-0.2, 0) is 0 Å². The molecule has 0 aliphatic rings. The lowest BCUT2D eigenvalue weighted by atomic mass is 10.0. The van der Waals surface area contributed by atoms with Crippen molar-refractivity contribution in [2.75, 3.05) is 0 Å². The van der Waals surface area contributed by atoms with Crippen molar-refractivity contribution < 1.29 is 14.3 Å². The Balaban J connectivity index is 2.59. The summed E-state index contributed by atoms with van der Waals surface area (Å²) in [5.41, 5.74) is 3.41. The van der Waals surface area contributed by atoms with Crippen LogP contribution < -0.4 is 0 Å². The smallest absolute Gasteiger partial charge is 0.374 e. The predicted octanol–water partition coefficient (Wildman–Crippen LogP) is 2.97. The van der Waals surface area contributed by atoms with E-state index in [1.165, 1.54) is 0 Å². The summed E-state index contributed by atoms with van der Waals surface area (Å²) >= 11 is 0. The Morgan fingerprint density at radius 2 is 1.94 bits per heavy atom. The number of oxazole rings is 1. The number of hydrogen-bond acceptors (Lipinski definition) is 3. The third-order valence-electron chi connectivity index (χ3n) is 2.71. The average Bonchev–Trinajstić information content (AvgIpc) is 2.64. The Morgan fingerprint density at radius 1 is 1.24 bits per heavy atom. The molecule has 1 aromatic heterocycles. The highest BCUT2D eigenvalue weighted by Crippen LogP contribution is 2.25. The van der Waals surface area contributed by atoms with Crippen molar-refractivity contribution in [1.82, 2.24) is 4.98 Å². The number of hydrogen-bond donors (Lipinski definition) is 1. The standard InChI is InChI=1S/C13H13NO3/c1-7-4-5-10(6-8(7)2)11-12(13(15)16)17-9(3)14-11/h4-6H,1-3H3,(H,15,16). The summed E-state index contributed by atoms with van der Waals surface area (Å²) in [4.78, 5) is 15.2. The molecule has 88 valence electrons. The molecular weight excluding hydrogens is 218 g/mol. The Bertz CT molecular complexity index is 584. The van der Waals surface area contributed by atoms with Gasteiger partial charge in [-0.05, 0) is 31.0 Å². The van der Waals surface area contributed by atoms with E-state index in [1.54, 1.807) is 6.92 Å². The number of carboxylic acid groups (broad SMARTS) is 1. The van der Waals surface area contributed by atoms with Crippen molar-refractivity contribution in [3.05, 3.63) is 41.0 Å². The minimum atomic E-state index is -1.10. The highest BCUT2D eigenvalue weighted by Gasteiger charge is 2.19. The average molecular weight is 231 g/mol. The predicted molar refractivity (Wildman–Crippen MR) is 63.1 cm³/mol. The Hall–Kier alpha value is -2.10. The zero-order chi connectivity index (χ0) is 12.6. The highest BCUT2D eigenvalue weighted by molar-refractivity contribution is 5.91. The van der Waals surface area contributed by atoms with Gasteiger partial charge in [0.05, 0.1) is 0 Å². The zero-order valence-corrected chi connectivity index (χ0v) is 9.94. The van der Waals surface area contributed by atoms with E-state index in [0.717, 1.165) is 16.7 Å². The SMILES string of the molecule is Cc1nc(-c2ccc(C)c(C)c2)c(C(=O)O)o1. The molecule has 2 rings (SSSR count). The lowest BCUT2D eigenvalue weighted by Crippen LogP contribution is -1.97. The van der Waals surface area contributed by atoms with Crippen LogP contribution in [0.4, 0.5) is 0 Å². The van der Waals surface area contributed by atoms with Crippen molar-refractivity contribution in [1.29, 1.82) is 0 Å². The van der Waals surface area contributed by atoms with Gasteiger partial charge in [-0.1, -0.05) is 12.1 Å². The molecule has 2 aromatic rings. The maximum absolute atomic E-state index is 11.0. The monoisotopic (exact) mass is 231 g/mol. The second-order valence-electron chi connectivity index (χ2n) is 4.01. The Kier molecular flexibility index (Phi) is 2.71. The Labute approximate surface area is 98.9 Å². The van der Waals surface area contributed by atoms with E-state index in [-0.39, 0.29) is 5.76 Å². The molecule has 0 fully saturated rings. The lowest BCUT2D eigenvalue weighted by molar-refractivity contribution is 0.0662. The van der Waals surface area contributed by atoms with Crippen LogP contribution in [0, 0.1) is 20.8 Å². The number of carboxylic acids is 1. The van der Waals surface area contributed by atoms with Crippen molar-refractivity contribution in [2.24, 2.45) is 0 Å². The topological polar surface area (TPSA) is 63.3 Å². The molecule has 4 heteroatoms. The number of aryl methyl sites for hydroxylation is 3. The fourth-order valence-corrected chi connectivity index (χ4v) is 1.66. The minimum Gasteiger partial charge on any atom is -0.475 e. The van der Waals surface area contributed by atoms with E-state index in [9.17, 15) is 4.79 Å². The number of rotatable bonds is 2. The van der Waals surface area contributed by atoms with Crippen molar-refractivity contribution in [3.63, 3.8) is 0 Å². The van der Waals surface area contributed by atoms with Crippen molar-refractivity contribution >= 4 is 5.97 Å². The fraction of sp³-hybridized carbons (Fsp3) is 0.231. The van der Waals surface area contributed by atoms with Crippen molar-refractivity contribution in [2.45, 2.75) is 20.8 Å². The normalized spacial score (nSPS) is 10.5. The van der Waals surface area contributed by atoms with Gasteiger partial charge in [-0.25, -0.2) is 9.78 Å². The van der Waals surface area contributed by atoms with E-state index < -0.39 is 5.97 Å². The third-order valence-corrected chi connectivity index (χ3v) is 2.71. The van der Waals surface area contributed by atoms with Gasteiger partial charge in [0.2, 0.25) is 5.76 Å². The van der Waals surface area contributed by atoms with Crippen LogP contribution in [0.3, 0.4) is 0 Å². The lowest BCUT2D eigenvalue weighted by Gasteiger charge is -2.02. The van der Waals surface area contributed by atoms with E-state index in [1.807, 2.05) is 32.0 Å². The molecule has 0 saturated heterocycles. The van der Waals surface area contributed by atoms with Gasteiger partial charge in [-0.2, -0.15) is 0 Å². The highest BCUT2D eigenvalue weighted by atomic mass is 16.4. The van der Waals surface area contributed by atoms with Gasteiger partial charge >= 0.3 is 5.97 Å². The molecule has 0 bridgehead atoms. The summed E-state index contributed by atoms with van der Waals surface area (Å²) in [6.07, 6.45) is 0. The molecule has 1 N–H and O–H groups in total. The van der Waals surface area contributed by atoms with Crippen molar-refractivity contribution in [3.8, 4) is 11.3 Å². The van der Waals surface area contributed by atoms with Crippen LogP contribution in [0.15, 0.2) is 22.6 Å². The van der Waals surface area contributed by atoms with Crippen LogP contribution in [0.1, 0.15) is 27.6 Å². The van der Waals surface area contributed by atoms with Crippen LogP contribution in [0.5, 0.6) is 0 Å². The van der Waals surface area contributed by atoms with Crippen LogP contribution in [-0.4, -0.2) is 16.1 Å². The summed E-state index contributed by atoms with van der Waals surface area (Å²) in [7, 11) is 0. The molecule has 0 aliphatic carbocycles.